The Morgan fingerprint density at radius 2 is 2.07 bits per heavy atom. The highest BCUT2D eigenvalue weighted by atomic mass is 19.4. The largest absolute Gasteiger partial charge is 0.510 e. The van der Waals surface area contributed by atoms with Crippen molar-refractivity contribution in [2.45, 2.75) is 18.3 Å². The van der Waals surface area contributed by atoms with Gasteiger partial charge in [-0.1, -0.05) is 0 Å². The molecule has 1 rings (SSSR count). The number of allylic oxidation sites excluding steroid dienone is 2. The summed E-state index contributed by atoms with van der Waals surface area (Å²) in [5.74, 6) is -0.500. The highest BCUT2D eigenvalue weighted by Gasteiger charge is 2.46. The Kier molecular flexibility index (Phi) is 2.75. The van der Waals surface area contributed by atoms with E-state index in [2.05, 4.69) is 0 Å². The van der Waals surface area contributed by atoms with Gasteiger partial charge in [-0.3, -0.25) is 0 Å². The zero-order valence-corrected chi connectivity index (χ0v) is 7.36. The van der Waals surface area contributed by atoms with Crippen LogP contribution in [0.3, 0.4) is 0 Å². The summed E-state index contributed by atoms with van der Waals surface area (Å²) < 4.78 is 36.4. The van der Waals surface area contributed by atoms with Gasteiger partial charge in [-0.2, -0.15) is 13.2 Å². The Morgan fingerprint density at radius 1 is 1.50 bits per heavy atom. The molecular formula is C8H10F3NO2. The molecule has 0 radical (unpaired) electrons. The van der Waals surface area contributed by atoms with E-state index in [1.165, 1.54) is 19.3 Å². The van der Waals surface area contributed by atoms with Crippen LogP contribution in [0.4, 0.5) is 13.2 Å². The van der Waals surface area contributed by atoms with Gasteiger partial charge in [0.15, 0.2) is 6.10 Å². The Hall–Kier alpha value is -1.17. The van der Waals surface area contributed by atoms with Gasteiger partial charge < -0.3 is 15.1 Å². The number of aliphatic hydroxyl groups is 2. The number of hydrogen-bond acceptors (Lipinski definition) is 3. The first-order chi connectivity index (χ1) is 6.34. The Morgan fingerprint density at radius 3 is 2.50 bits per heavy atom. The van der Waals surface area contributed by atoms with E-state index in [0.717, 1.165) is 11.0 Å². The van der Waals surface area contributed by atoms with Crippen molar-refractivity contribution in [1.29, 1.82) is 0 Å². The molecule has 0 fully saturated rings. The van der Waals surface area contributed by atoms with Crippen LogP contribution >= 0.6 is 0 Å². The molecule has 0 aromatic heterocycles. The molecule has 6 heteroatoms. The van der Waals surface area contributed by atoms with E-state index in [9.17, 15) is 18.3 Å². The first-order valence-corrected chi connectivity index (χ1v) is 3.88. The normalized spacial score (nSPS) is 24.8. The van der Waals surface area contributed by atoms with Crippen LogP contribution < -0.4 is 0 Å². The molecule has 1 heterocycles. The molecule has 2 N–H and O–H groups in total. The van der Waals surface area contributed by atoms with Crippen molar-refractivity contribution in [3.05, 3.63) is 24.1 Å². The third-order valence-electron chi connectivity index (χ3n) is 1.96. The van der Waals surface area contributed by atoms with Gasteiger partial charge in [0.25, 0.3) is 0 Å². The summed E-state index contributed by atoms with van der Waals surface area (Å²) in [6, 6.07) is -1.46. The minimum Gasteiger partial charge on any atom is -0.510 e. The number of nitrogens with zero attached hydrogens (tertiary/aromatic N) is 1. The number of alkyl halides is 3. The van der Waals surface area contributed by atoms with Crippen molar-refractivity contribution >= 4 is 0 Å². The van der Waals surface area contributed by atoms with Crippen LogP contribution in [0.15, 0.2) is 24.1 Å². The Bertz CT molecular complexity index is 272. The smallest absolute Gasteiger partial charge is 0.416 e. The molecule has 0 saturated heterocycles. The van der Waals surface area contributed by atoms with Crippen LogP contribution in [0.1, 0.15) is 0 Å². The van der Waals surface area contributed by atoms with Crippen LogP contribution in [0, 0.1) is 0 Å². The fraction of sp³-hybridized carbons (Fsp3) is 0.500. The van der Waals surface area contributed by atoms with E-state index in [-0.39, 0.29) is 0 Å². The van der Waals surface area contributed by atoms with Gasteiger partial charge in [-0.25, -0.2) is 0 Å². The molecule has 0 spiro atoms. The summed E-state index contributed by atoms with van der Waals surface area (Å²) >= 11 is 0. The number of hydrogen-bond donors (Lipinski definition) is 2. The van der Waals surface area contributed by atoms with Gasteiger partial charge in [0.05, 0.1) is 0 Å². The van der Waals surface area contributed by atoms with Crippen molar-refractivity contribution in [3.8, 4) is 0 Å². The molecule has 0 aromatic rings. The van der Waals surface area contributed by atoms with Crippen LogP contribution in [-0.2, 0) is 0 Å². The highest BCUT2D eigenvalue weighted by molar-refractivity contribution is 5.19. The van der Waals surface area contributed by atoms with Gasteiger partial charge in [-0.05, 0) is 18.4 Å². The molecule has 0 saturated carbocycles. The van der Waals surface area contributed by atoms with Crippen LogP contribution in [-0.4, -0.2) is 40.5 Å². The molecule has 3 nitrogen and oxygen atoms in total. The van der Waals surface area contributed by atoms with Crippen molar-refractivity contribution in [2.75, 3.05) is 7.05 Å². The number of halogens is 3. The summed E-state index contributed by atoms with van der Waals surface area (Å²) in [5, 5.41) is 18.1. The maximum Gasteiger partial charge on any atom is 0.416 e. The van der Waals surface area contributed by atoms with E-state index < -0.39 is 24.1 Å². The van der Waals surface area contributed by atoms with Crippen molar-refractivity contribution in [1.82, 2.24) is 4.90 Å². The monoisotopic (exact) mass is 209 g/mol. The van der Waals surface area contributed by atoms with Gasteiger partial charge in [-0.15, -0.1) is 0 Å². The summed E-state index contributed by atoms with van der Waals surface area (Å²) in [7, 11) is 1.35. The SMILES string of the molecule is CN1C=CC=C(O)C1C(O)C(F)(F)F. The summed E-state index contributed by atoms with van der Waals surface area (Å²) in [5.41, 5.74) is 0. The lowest BCUT2D eigenvalue weighted by molar-refractivity contribution is -0.217. The average Bonchev–Trinajstić information content (AvgIpc) is 2.01. The van der Waals surface area contributed by atoms with Crippen molar-refractivity contribution in [3.63, 3.8) is 0 Å². The van der Waals surface area contributed by atoms with Gasteiger partial charge in [0.2, 0.25) is 0 Å². The van der Waals surface area contributed by atoms with E-state index in [1.54, 1.807) is 0 Å². The lowest BCUT2D eigenvalue weighted by Gasteiger charge is -2.32. The fourth-order valence-electron chi connectivity index (χ4n) is 1.24. The van der Waals surface area contributed by atoms with Gasteiger partial charge in [0, 0.05) is 7.05 Å². The second kappa shape index (κ2) is 3.53. The third kappa shape index (κ3) is 2.01. The molecule has 1 aliphatic rings. The second-order valence-electron chi connectivity index (χ2n) is 3.03. The molecule has 0 aliphatic carbocycles. The molecule has 2 atom stereocenters. The lowest BCUT2D eigenvalue weighted by atomic mass is 10.1. The summed E-state index contributed by atoms with van der Waals surface area (Å²) in [6.45, 7) is 0. The predicted molar refractivity (Wildman–Crippen MR) is 43.5 cm³/mol. The van der Waals surface area contributed by atoms with E-state index in [1.807, 2.05) is 0 Å². The van der Waals surface area contributed by atoms with Gasteiger partial charge in [0.1, 0.15) is 11.8 Å². The van der Waals surface area contributed by atoms with Gasteiger partial charge >= 0.3 is 6.18 Å². The van der Waals surface area contributed by atoms with Crippen molar-refractivity contribution in [2.24, 2.45) is 0 Å². The molecule has 80 valence electrons. The lowest BCUT2D eigenvalue weighted by Crippen LogP contribution is -2.48. The quantitative estimate of drug-likeness (QED) is 0.681. The summed E-state index contributed by atoms with van der Waals surface area (Å²) in [4.78, 5) is 1.10. The minimum atomic E-state index is -4.74. The zero-order chi connectivity index (χ0) is 10.9. The Labute approximate surface area is 78.8 Å². The first-order valence-electron chi connectivity index (χ1n) is 3.88. The van der Waals surface area contributed by atoms with Crippen molar-refractivity contribution < 1.29 is 23.4 Å². The molecule has 14 heavy (non-hydrogen) atoms. The van der Waals surface area contributed by atoms with Crippen LogP contribution in [0.25, 0.3) is 0 Å². The van der Waals surface area contributed by atoms with Crippen LogP contribution in [0.2, 0.25) is 0 Å². The standard InChI is InChI=1S/C8H10F3NO2/c1-12-4-2-3-5(13)6(12)7(14)8(9,10)11/h2-4,6-7,13-14H,1H3. The maximum absolute atomic E-state index is 12.1. The molecular weight excluding hydrogens is 199 g/mol. The fourth-order valence-corrected chi connectivity index (χ4v) is 1.24. The van der Waals surface area contributed by atoms with E-state index >= 15 is 0 Å². The second-order valence-corrected chi connectivity index (χ2v) is 3.03. The minimum absolute atomic E-state index is 0.500. The zero-order valence-electron chi connectivity index (χ0n) is 7.36. The predicted octanol–water partition coefficient (Wildman–Crippen LogP) is 1.18. The number of rotatable bonds is 1. The molecule has 2 unspecified atom stereocenters. The number of aliphatic hydroxyl groups excluding tert-OH is 2. The summed E-state index contributed by atoms with van der Waals surface area (Å²) in [6.07, 6.45) is -3.46. The topological polar surface area (TPSA) is 43.7 Å². The third-order valence-corrected chi connectivity index (χ3v) is 1.96. The van der Waals surface area contributed by atoms with E-state index in [4.69, 9.17) is 5.11 Å². The number of likely N-dealkylation sites (N-methyl/N-ethyl adjacent to an activating group) is 1. The maximum atomic E-state index is 12.1. The van der Waals surface area contributed by atoms with E-state index in [0.29, 0.717) is 0 Å². The Balaban J connectivity index is 2.87. The highest BCUT2D eigenvalue weighted by Crippen LogP contribution is 2.28. The first kappa shape index (κ1) is 10.9. The molecule has 1 aliphatic heterocycles. The average molecular weight is 209 g/mol. The molecule has 0 bridgehead atoms. The molecule has 0 aromatic carbocycles. The van der Waals surface area contributed by atoms with Crippen LogP contribution in [0.5, 0.6) is 0 Å². The molecule has 0 amide bonds.